The van der Waals surface area contributed by atoms with E-state index in [4.69, 9.17) is 5.73 Å². The van der Waals surface area contributed by atoms with Crippen molar-refractivity contribution in [1.29, 1.82) is 0 Å². The molecule has 0 fully saturated rings. The Morgan fingerprint density at radius 3 is 2.75 bits per heavy atom. The minimum absolute atomic E-state index is 0.0283. The molecule has 2 atom stereocenters. The van der Waals surface area contributed by atoms with E-state index in [9.17, 15) is 14.9 Å². The number of carbonyl (C=O) groups excluding carboxylic acids is 1. The number of non-ortho nitro benzene ring substituents is 1. The molecule has 0 saturated heterocycles. The van der Waals surface area contributed by atoms with Crippen molar-refractivity contribution >= 4 is 11.6 Å². The highest BCUT2D eigenvalue weighted by atomic mass is 16.6. The molecule has 0 aromatic heterocycles. The number of nitro benzene ring substituents is 1. The Morgan fingerprint density at radius 1 is 1.45 bits per heavy atom. The highest BCUT2D eigenvalue weighted by molar-refractivity contribution is 5.76. The number of nitro groups is 1. The molecule has 3 N–H and O–H groups in total. The maximum absolute atomic E-state index is 11.7. The average Bonchev–Trinajstić information content (AvgIpc) is 2.38. The smallest absolute Gasteiger partial charge is 0.269 e. The van der Waals surface area contributed by atoms with Gasteiger partial charge in [-0.15, -0.1) is 0 Å². The molecule has 6 heteroatoms. The van der Waals surface area contributed by atoms with Crippen molar-refractivity contribution in [3.63, 3.8) is 0 Å². The highest BCUT2D eigenvalue weighted by Gasteiger charge is 2.13. The first-order valence-corrected chi connectivity index (χ1v) is 6.69. The molecule has 0 aliphatic heterocycles. The Bertz CT molecular complexity index is 474. The van der Waals surface area contributed by atoms with Crippen LogP contribution in [0, 0.1) is 10.1 Å². The van der Waals surface area contributed by atoms with Crippen LogP contribution >= 0.6 is 0 Å². The molecule has 6 nitrogen and oxygen atoms in total. The molecular weight excluding hydrogens is 258 g/mol. The lowest BCUT2D eigenvalue weighted by Crippen LogP contribution is -2.26. The summed E-state index contributed by atoms with van der Waals surface area (Å²) in [5, 5.41) is 13.5. The maximum Gasteiger partial charge on any atom is 0.269 e. The molecule has 1 aromatic carbocycles. The SMILES string of the molecule is CC(N)CCCC(=O)NC(C)c1cccc([N+](=O)[O-])c1. The molecule has 0 spiro atoms. The summed E-state index contributed by atoms with van der Waals surface area (Å²) in [5.74, 6) is -0.0651. The second-order valence-electron chi connectivity index (χ2n) is 5.01. The Hall–Kier alpha value is -1.95. The zero-order valence-corrected chi connectivity index (χ0v) is 11.8. The molecule has 0 aliphatic carbocycles. The minimum Gasteiger partial charge on any atom is -0.350 e. The number of nitrogens with zero attached hydrogens (tertiary/aromatic N) is 1. The number of hydrogen-bond donors (Lipinski definition) is 2. The van der Waals surface area contributed by atoms with E-state index in [0.717, 1.165) is 18.4 Å². The van der Waals surface area contributed by atoms with Crippen LogP contribution in [0.4, 0.5) is 5.69 Å². The van der Waals surface area contributed by atoms with Crippen LogP contribution in [0.25, 0.3) is 0 Å². The van der Waals surface area contributed by atoms with Crippen LogP contribution in [0.2, 0.25) is 0 Å². The van der Waals surface area contributed by atoms with Gasteiger partial charge < -0.3 is 11.1 Å². The molecule has 0 saturated carbocycles. The first-order valence-electron chi connectivity index (χ1n) is 6.69. The molecule has 0 bridgehead atoms. The van der Waals surface area contributed by atoms with Gasteiger partial charge in [-0.3, -0.25) is 14.9 Å². The van der Waals surface area contributed by atoms with Gasteiger partial charge in [-0.2, -0.15) is 0 Å². The van der Waals surface area contributed by atoms with Crippen molar-refractivity contribution in [3.8, 4) is 0 Å². The maximum atomic E-state index is 11.7. The van der Waals surface area contributed by atoms with Crippen molar-refractivity contribution < 1.29 is 9.72 Å². The van der Waals surface area contributed by atoms with E-state index in [0.29, 0.717) is 6.42 Å². The third kappa shape index (κ3) is 5.36. The minimum atomic E-state index is -0.444. The van der Waals surface area contributed by atoms with Gasteiger partial charge in [0.05, 0.1) is 11.0 Å². The molecule has 110 valence electrons. The van der Waals surface area contributed by atoms with Crippen molar-refractivity contribution in [2.75, 3.05) is 0 Å². The lowest BCUT2D eigenvalue weighted by Gasteiger charge is -2.14. The number of amides is 1. The fourth-order valence-electron chi connectivity index (χ4n) is 1.89. The van der Waals surface area contributed by atoms with Gasteiger partial charge in [0.25, 0.3) is 5.69 Å². The second kappa shape index (κ2) is 7.59. The molecule has 1 aromatic rings. The van der Waals surface area contributed by atoms with Gasteiger partial charge >= 0.3 is 0 Å². The van der Waals surface area contributed by atoms with Crippen molar-refractivity contribution in [1.82, 2.24) is 5.32 Å². The lowest BCUT2D eigenvalue weighted by molar-refractivity contribution is -0.384. The number of benzene rings is 1. The van der Waals surface area contributed by atoms with Gasteiger partial charge in [0, 0.05) is 24.6 Å². The Morgan fingerprint density at radius 2 is 2.15 bits per heavy atom. The second-order valence-corrected chi connectivity index (χ2v) is 5.01. The summed E-state index contributed by atoms with van der Waals surface area (Å²) < 4.78 is 0. The molecule has 1 amide bonds. The van der Waals surface area contributed by atoms with E-state index in [1.807, 2.05) is 13.8 Å². The third-order valence-electron chi connectivity index (χ3n) is 3.02. The summed E-state index contributed by atoms with van der Waals surface area (Å²) in [6.45, 7) is 3.71. The van der Waals surface area contributed by atoms with Crippen LogP contribution in [0.3, 0.4) is 0 Å². The summed E-state index contributed by atoms with van der Waals surface area (Å²) >= 11 is 0. The zero-order valence-electron chi connectivity index (χ0n) is 11.8. The third-order valence-corrected chi connectivity index (χ3v) is 3.02. The Balaban J connectivity index is 2.53. The predicted octanol–water partition coefficient (Wildman–Crippen LogP) is 2.29. The van der Waals surface area contributed by atoms with E-state index in [1.54, 1.807) is 12.1 Å². The molecule has 0 radical (unpaired) electrons. The van der Waals surface area contributed by atoms with Crippen LogP contribution in [0.5, 0.6) is 0 Å². The predicted molar refractivity (Wildman–Crippen MR) is 77.2 cm³/mol. The first kappa shape index (κ1) is 16.1. The lowest BCUT2D eigenvalue weighted by atomic mass is 10.1. The number of nitrogens with one attached hydrogen (secondary N) is 1. The number of rotatable bonds is 7. The summed E-state index contributed by atoms with van der Waals surface area (Å²) in [4.78, 5) is 22.0. The van der Waals surface area contributed by atoms with Crippen LogP contribution in [0.1, 0.15) is 44.7 Å². The number of carbonyl (C=O) groups is 1. The Kier molecular flexibility index (Phi) is 6.11. The van der Waals surface area contributed by atoms with Crippen LogP contribution in [-0.2, 0) is 4.79 Å². The normalized spacial score (nSPS) is 13.6. The number of hydrogen-bond acceptors (Lipinski definition) is 4. The first-order chi connectivity index (χ1) is 9.40. The summed E-state index contributed by atoms with van der Waals surface area (Å²) in [7, 11) is 0. The van der Waals surface area contributed by atoms with Gasteiger partial charge in [-0.05, 0) is 32.3 Å². The number of nitrogens with two attached hydrogens (primary N) is 1. The quantitative estimate of drug-likeness (QED) is 0.591. The van der Waals surface area contributed by atoms with Gasteiger partial charge in [0.2, 0.25) is 5.91 Å². The summed E-state index contributed by atoms with van der Waals surface area (Å²) in [5.41, 5.74) is 6.37. The van der Waals surface area contributed by atoms with E-state index in [2.05, 4.69) is 5.32 Å². The van der Waals surface area contributed by atoms with E-state index >= 15 is 0 Å². The van der Waals surface area contributed by atoms with Crippen molar-refractivity contribution in [2.45, 2.75) is 45.2 Å². The van der Waals surface area contributed by atoms with E-state index in [1.165, 1.54) is 12.1 Å². The van der Waals surface area contributed by atoms with Gasteiger partial charge in [-0.25, -0.2) is 0 Å². The monoisotopic (exact) mass is 279 g/mol. The zero-order chi connectivity index (χ0) is 15.1. The topological polar surface area (TPSA) is 98.3 Å². The van der Waals surface area contributed by atoms with Gasteiger partial charge in [0.1, 0.15) is 0 Å². The van der Waals surface area contributed by atoms with Crippen molar-refractivity contribution in [2.24, 2.45) is 5.73 Å². The van der Waals surface area contributed by atoms with Gasteiger partial charge in [0.15, 0.2) is 0 Å². The van der Waals surface area contributed by atoms with E-state index in [-0.39, 0.29) is 23.7 Å². The molecular formula is C14H21N3O3. The van der Waals surface area contributed by atoms with Gasteiger partial charge in [-0.1, -0.05) is 12.1 Å². The van der Waals surface area contributed by atoms with Crippen LogP contribution in [0.15, 0.2) is 24.3 Å². The molecule has 20 heavy (non-hydrogen) atoms. The molecule has 0 heterocycles. The summed E-state index contributed by atoms with van der Waals surface area (Å²) in [6, 6.07) is 6.13. The summed E-state index contributed by atoms with van der Waals surface area (Å²) in [6.07, 6.45) is 1.96. The molecule has 1 rings (SSSR count). The van der Waals surface area contributed by atoms with Crippen molar-refractivity contribution in [3.05, 3.63) is 39.9 Å². The fraction of sp³-hybridized carbons (Fsp3) is 0.500. The standard InChI is InChI=1S/C14H21N3O3/c1-10(15)5-3-8-14(18)16-11(2)12-6-4-7-13(9-12)17(19)20/h4,6-7,9-11H,3,5,8,15H2,1-2H3,(H,16,18). The van der Waals surface area contributed by atoms with Crippen LogP contribution in [-0.4, -0.2) is 16.9 Å². The average molecular weight is 279 g/mol. The molecule has 0 aliphatic rings. The van der Waals surface area contributed by atoms with Crippen LogP contribution < -0.4 is 11.1 Å². The highest BCUT2D eigenvalue weighted by Crippen LogP contribution is 2.19. The fourth-order valence-corrected chi connectivity index (χ4v) is 1.89. The Labute approximate surface area is 118 Å². The largest absolute Gasteiger partial charge is 0.350 e. The van der Waals surface area contributed by atoms with E-state index < -0.39 is 4.92 Å². The molecule has 2 unspecified atom stereocenters.